The van der Waals surface area contributed by atoms with Crippen molar-refractivity contribution in [3.63, 3.8) is 0 Å². The molecule has 0 atom stereocenters. The number of thiocarbonyl (C=S) groups is 1. The number of benzene rings is 2. The molecule has 0 radical (unpaired) electrons. The van der Waals surface area contributed by atoms with Crippen molar-refractivity contribution in [2.75, 3.05) is 13.2 Å². The highest BCUT2D eigenvalue weighted by molar-refractivity contribution is 8.26. The van der Waals surface area contributed by atoms with E-state index in [-0.39, 0.29) is 12.5 Å². The van der Waals surface area contributed by atoms with Crippen LogP contribution < -0.4 is 4.74 Å². The predicted octanol–water partition coefficient (Wildman–Crippen LogP) is 4.53. The summed E-state index contributed by atoms with van der Waals surface area (Å²) in [7, 11) is 0. The number of ether oxygens (including phenoxy) is 1. The standard InChI is InChI=1S/C22H19NO2S2/c1-2-15-25-19-12-10-18(11-13-19)16-20-21(24)23(22(26)27-20)14-6-9-17-7-4-3-5-8-17/h1,3-5,7-8,10-13,16H,6,9,14-15H2/b20-16+. The Morgan fingerprint density at radius 2 is 1.89 bits per heavy atom. The molecule has 0 bridgehead atoms. The molecule has 1 fully saturated rings. The zero-order chi connectivity index (χ0) is 19.1. The van der Waals surface area contributed by atoms with E-state index in [1.807, 2.05) is 48.5 Å². The van der Waals surface area contributed by atoms with Gasteiger partial charge in [-0.1, -0.05) is 72.4 Å². The summed E-state index contributed by atoms with van der Waals surface area (Å²) in [5, 5.41) is 0. The summed E-state index contributed by atoms with van der Waals surface area (Å²) in [6.07, 6.45) is 8.85. The minimum atomic E-state index is -0.0225. The molecule has 0 spiro atoms. The Morgan fingerprint density at radius 3 is 2.59 bits per heavy atom. The third kappa shape index (κ3) is 5.22. The van der Waals surface area contributed by atoms with Crippen LogP contribution in [0.25, 0.3) is 6.08 Å². The van der Waals surface area contributed by atoms with Gasteiger partial charge in [-0.25, -0.2) is 0 Å². The van der Waals surface area contributed by atoms with Crippen LogP contribution in [0.3, 0.4) is 0 Å². The predicted molar refractivity (Wildman–Crippen MR) is 115 cm³/mol. The number of thioether (sulfide) groups is 1. The van der Waals surface area contributed by atoms with Crippen LogP contribution in [0.4, 0.5) is 0 Å². The first-order valence-electron chi connectivity index (χ1n) is 8.63. The number of hydrogen-bond donors (Lipinski definition) is 0. The molecule has 1 saturated heterocycles. The largest absolute Gasteiger partial charge is 0.481 e. The fourth-order valence-electron chi connectivity index (χ4n) is 2.72. The average molecular weight is 394 g/mol. The van der Waals surface area contributed by atoms with Crippen LogP contribution in [0.2, 0.25) is 0 Å². The molecule has 1 amide bonds. The van der Waals surface area contributed by atoms with Crippen molar-refractivity contribution in [2.24, 2.45) is 0 Å². The van der Waals surface area contributed by atoms with E-state index in [1.165, 1.54) is 17.3 Å². The highest BCUT2D eigenvalue weighted by Gasteiger charge is 2.31. The van der Waals surface area contributed by atoms with Crippen LogP contribution in [-0.2, 0) is 11.2 Å². The van der Waals surface area contributed by atoms with Crippen LogP contribution >= 0.6 is 24.0 Å². The van der Waals surface area contributed by atoms with Gasteiger partial charge in [0.25, 0.3) is 5.91 Å². The number of hydrogen-bond acceptors (Lipinski definition) is 4. The van der Waals surface area contributed by atoms with E-state index < -0.39 is 0 Å². The van der Waals surface area contributed by atoms with Gasteiger partial charge in [-0.3, -0.25) is 9.69 Å². The molecule has 1 aliphatic heterocycles. The van der Waals surface area contributed by atoms with Gasteiger partial charge in [0.15, 0.2) is 0 Å². The number of carbonyl (C=O) groups is 1. The van der Waals surface area contributed by atoms with Crippen LogP contribution in [0.1, 0.15) is 17.5 Å². The molecular formula is C22H19NO2S2. The monoisotopic (exact) mass is 393 g/mol. The van der Waals surface area contributed by atoms with Crippen molar-refractivity contribution in [3.05, 3.63) is 70.6 Å². The lowest BCUT2D eigenvalue weighted by Gasteiger charge is -2.14. The Morgan fingerprint density at radius 1 is 1.15 bits per heavy atom. The third-order valence-electron chi connectivity index (χ3n) is 4.06. The van der Waals surface area contributed by atoms with E-state index in [0.717, 1.165) is 18.4 Å². The molecule has 2 aromatic carbocycles. The first kappa shape index (κ1) is 19.2. The molecule has 0 unspecified atom stereocenters. The topological polar surface area (TPSA) is 29.5 Å². The van der Waals surface area contributed by atoms with Crippen molar-refractivity contribution in [1.82, 2.24) is 4.90 Å². The first-order chi connectivity index (χ1) is 13.2. The van der Waals surface area contributed by atoms with E-state index in [4.69, 9.17) is 23.4 Å². The van der Waals surface area contributed by atoms with Crippen LogP contribution in [0.15, 0.2) is 59.5 Å². The van der Waals surface area contributed by atoms with Crippen molar-refractivity contribution in [3.8, 4) is 18.1 Å². The summed E-state index contributed by atoms with van der Waals surface area (Å²) in [5.74, 6) is 3.11. The maximum absolute atomic E-state index is 12.7. The third-order valence-corrected chi connectivity index (χ3v) is 5.44. The van der Waals surface area contributed by atoms with Crippen LogP contribution in [0, 0.1) is 12.3 Å². The Labute approximate surface area is 169 Å². The molecule has 3 nitrogen and oxygen atoms in total. The molecule has 136 valence electrons. The smallest absolute Gasteiger partial charge is 0.266 e. The normalized spacial score (nSPS) is 15.2. The maximum atomic E-state index is 12.7. The van der Waals surface area contributed by atoms with Gasteiger partial charge < -0.3 is 4.74 Å². The molecule has 0 aromatic heterocycles. The number of rotatable bonds is 7. The quantitative estimate of drug-likeness (QED) is 0.393. The second kappa shape index (κ2) is 9.40. The molecule has 3 rings (SSSR count). The Balaban J connectivity index is 1.59. The molecule has 2 aromatic rings. The summed E-state index contributed by atoms with van der Waals surface area (Å²) in [6.45, 7) is 0.872. The van der Waals surface area contributed by atoms with E-state index in [2.05, 4.69) is 18.1 Å². The number of nitrogens with zero attached hydrogens (tertiary/aromatic N) is 1. The van der Waals surface area contributed by atoms with E-state index >= 15 is 0 Å². The Bertz CT molecular complexity index is 883. The molecular weight excluding hydrogens is 374 g/mol. The van der Waals surface area contributed by atoms with Gasteiger partial charge in [-0.2, -0.15) is 0 Å². The van der Waals surface area contributed by atoms with Gasteiger partial charge in [-0.05, 0) is 42.2 Å². The first-order valence-corrected chi connectivity index (χ1v) is 9.85. The second-order valence-electron chi connectivity index (χ2n) is 5.98. The van der Waals surface area contributed by atoms with Gasteiger partial charge in [0.05, 0.1) is 4.91 Å². The lowest BCUT2D eigenvalue weighted by atomic mass is 10.1. The summed E-state index contributed by atoms with van der Waals surface area (Å²) in [6, 6.07) is 17.7. The SMILES string of the molecule is C#CCOc1ccc(/C=C2/SC(=S)N(CCCc3ccccc3)C2=O)cc1. The molecule has 0 aliphatic carbocycles. The van der Waals surface area contributed by atoms with Crippen molar-refractivity contribution in [2.45, 2.75) is 12.8 Å². The average Bonchev–Trinajstić information content (AvgIpc) is 2.95. The summed E-state index contributed by atoms with van der Waals surface area (Å²) < 4.78 is 5.98. The van der Waals surface area contributed by atoms with Crippen LogP contribution in [0.5, 0.6) is 5.75 Å². The van der Waals surface area contributed by atoms with Gasteiger partial charge >= 0.3 is 0 Å². The van der Waals surface area contributed by atoms with E-state index in [9.17, 15) is 4.79 Å². The Hall–Kier alpha value is -2.55. The number of amides is 1. The highest BCUT2D eigenvalue weighted by atomic mass is 32.2. The zero-order valence-electron chi connectivity index (χ0n) is 14.8. The Kier molecular flexibility index (Phi) is 6.69. The van der Waals surface area contributed by atoms with Gasteiger partial charge in [0, 0.05) is 6.54 Å². The van der Waals surface area contributed by atoms with E-state index in [0.29, 0.717) is 21.5 Å². The second-order valence-corrected chi connectivity index (χ2v) is 7.66. The number of aryl methyl sites for hydroxylation is 1. The van der Waals surface area contributed by atoms with Crippen molar-refractivity contribution >= 4 is 40.3 Å². The molecule has 1 aliphatic rings. The maximum Gasteiger partial charge on any atom is 0.266 e. The van der Waals surface area contributed by atoms with Crippen LogP contribution in [-0.4, -0.2) is 28.3 Å². The van der Waals surface area contributed by atoms with Crippen molar-refractivity contribution in [1.29, 1.82) is 0 Å². The minimum Gasteiger partial charge on any atom is -0.481 e. The summed E-state index contributed by atoms with van der Waals surface area (Å²) in [5.41, 5.74) is 2.19. The fraction of sp³-hybridized carbons (Fsp3) is 0.182. The zero-order valence-corrected chi connectivity index (χ0v) is 16.4. The summed E-state index contributed by atoms with van der Waals surface area (Å²) >= 11 is 6.75. The minimum absolute atomic E-state index is 0.0225. The molecule has 27 heavy (non-hydrogen) atoms. The number of terminal acetylenes is 1. The molecule has 0 N–H and O–H groups in total. The molecule has 0 saturated carbocycles. The van der Waals surface area contributed by atoms with Gasteiger partial charge in [0.1, 0.15) is 16.7 Å². The van der Waals surface area contributed by atoms with Crippen molar-refractivity contribution < 1.29 is 9.53 Å². The van der Waals surface area contributed by atoms with Gasteiger partial charge in [-0.15, -0.1) is 6.42 Å². The fourth-order valence-corrected chi connectivity index (χ4v) is 4.02. The van der Waals surface area contributed by atoms with E-state index in [1.54, 1.807) is 4.90 Å². The number of carbonyl (C=O) groups excluding carboxylic acids is 1. The molecule has 1 heterocycles. The lowest BCUT2D eigenvalue weighted by Crippen LogP contribution is -2.29. The lowest BCUT2D eigenvalue weighted by molar-refractivity contribution is -0.122. The highest BCUT2D eigenvalue weighted by Crippen LogP contribution is 2.33. The van der Waals surface area contributed by atoms with Gasteiger partial charge in [0.2, 0.25) is 0 Å². The summed E-state index contributed by atoms with van der Waals surface area (Å²) in [4.78, 5) is 15.0. The molecule has 5 heteroatoms.